The van der Waals surface area contributed by atoms with E-state index in [0.29, 0.717) is 23.4 Å². The van der Waals surface area contributed by atoms with Crippen molar-refractivity contribution >= 4 is 34.8 Å². The minimum absolute atomic E-state index is 0.0607. The van der Waals surface area contributed by atoms with Crippen molar-refractivity contribution in [1.29, 1.82) is 0 Å². The molecule has 3 rings (SSSR count). The molecule has 2 amide bonds. The maximum atomic E-state index is 12.6. The first-order valence-electron chi connectivity index (χ1n) is 11.8. The molecule has 0 atom stereocenters. The fourth-order valence-corrected chi connectivity index (χ4v) is 3.95. The summed E-state index contributed by atoms with van der Waals surface area (Å²) in [5.74, 6) is 0.521. The Morgan fingerprint density at radius 2 is 1.58 bits per heavy atom. The number of hydrogen-bond donors (Lipinski definition) is 2. The van der Waals surface area contributed by atoms with Crippen molar-refractivity contribution in [3.63, 3.8) is 0 Å². The zero-order chi connectivity index (χ0) is 23.5. The van der Waals surface area contributed by atoms with Gasteiger partial charge in [0.25, 0.3) is 11.8 Å². The molecule has 33 heavy (non-hydrogen) atoms. The number of anilines is 1. The molecule has 6 nitrogen and oxygen atoms in total. The number of likely N-dealkylation sites (tertiary alicyclic amines) is 1. The smallest absolute Gasteiger partial charge is 0.257 e. The lowest BCUT2D eigenvalue weighted by Crippen LogP contribution is -2.35. The lowest BCUT2D eigenvalue weighted by Gasteiger charge is -2.26. The third-order valence-electron chi connectivity index (χ3n) is 5.64. The van der Waals surface area contributed by atoms with E-state index >= 15 is 0 Å². The van der Waals surface area contributed by atoms with Gasteiger partial charge in [-0.2, -0.15) is 0 Å². The average molecular weight is 468 g/mol. The molecule has 0 radical (unpaired) electrons. The molecule has 7 heteroatoms. The van der Waals surface area contributed by atoms with Gasteiger partial charge in [-0.3, -0.25) is 14.9 Å². The molecule has 1 aliphatic heterocycles. The van der Waals surface area contributed by atoms with E-state index in [2.05, 4.69) is 17.6 Å². The van der Waals surface area contributed by atoms with Crippen LogP contribution in [0.25, 0.3) is 0 Å². The number of piperidine rings is 1. The van der Waals surface area contributed by atoms with Crippen LogP contribution in [0, 0.1) is 0 Å². The maximum Gasteiger partial charge on any atom is 0.257 e. The Morgan fingerprint density at radius 1 is 0.909 bits per heavy atom. The van der Waals surface area contributed by atoms with E-state index < -0.39 is 0 Å². The summed E-state index contributed by atoms with van der Waals surface area (Å²) < 4.78 is 5.72. The monoisotopic (exact) mass is 467 g/mol. The number of nitrogens with one attached hydrogen (secondary N) is 2. The maximum absolute atomic E-state index is 12.6. The molecule has 1 aliphatic rings. The second-order valence-electron chi connectivity index (χ2n) is 8.27. The Bertz CT molecular complexity index is 923. The summed E-state index contributed by atoms with van der Waals surface area (Å²) in [5, 5.41) is 5.88. The van der Waals surface area contributed by atoms with Crippen LogP contribution in [0.4, 0.5) is 5.69 Å². The molecular weight excluding hydrogens is 434 g/mol. The minimum Gasteiger partial charge on any atom is -0.494 e. The lowest BCUT2D eigenvalue weighted by atomic mass is 10.1. The third kappa shape index (κ3) is 7.86. The fourth-order valence-electron chi connectivity index (χ4n) is 3.73. The van der Waals surface area contributed by atoms with Crippen LogP contribution in [0.2, 0.25) is 0 Å². The SMILES string of the molecule is CCCCCCOc1ccc(C(=O)NC(=S)Nc2ccc(C(=O)N3CCCCC3)cc2)cc1. The van der Waals surface area contributed by atoms with Crippen molar-refractivity contribution in [1.82, 2.24) is 10.2 Å². The first kappa shape index (κ1) is 24.7. The first-order valence-corrected chi connectivity index (χ1v) is 12.2. The van der Waals surface area contributed by atoms with Gasteiger partial charge in [0.15, 0.2) is 5.11 Å². The molecular formula is C26H33N3O3S. The van der Waals surface area contributed by atoms with Crippen molar-refractivity contribution < 1.29 is 14.3 Å². The van der Waals surface area contributed by atoms with E-state index in [4.69, 9.17) is 17.0 Å². The minimum atomic E-state index is -0.293. The predicted octanol–water partition coefficient (Wildman–Crippen LogP) is 5.40. The number of amides is 2. The van der Waals surface area contributed by atoms with E-state index in [1.165, 1.54) is 25.7 Å². The van der Waals surface area contributed by atoms with Crippen molar-refractivity contribution in [3.05, 3.63) is 59.7 Å². The summed E-state index contributed by atoms with van der Waals surface area (Å²) in [7, 11) is 0. The normalized spacial score (nSPS) is 13.3. The van der Waals surface area contributed by atoms with Crippen LogP contribution in [0.1, 0.15) is 72.6 Å². The summed E-state index contributed by atoms with van der Waals surface area (Å²) in [6, 6.07) is 14.2. The molecule has 0 aromatic heterocycles. The topological polar surface area (TPSA) is 70.7 Å². The molecule has 0 spiro atoms. The molecule has 0 bridgehead atoms. The zero-order valence-electron chi connectivity index (χ0n) is 19.3. The van der Waals surface area contributed by atoms with Gasteiger partial charge in [0.2, 0.25) is 0 Å². The highest BCUT2D eigenvalue weighted by Gasteiger charge is 2.18. The molecule has 1 heterocycles. The van der Waals surface area contributed by atoms with Crippen LogP contribution in [0.15, 0.2) is 48.5 Å². The van der Waals surface area contributed by atoms with Crippen LogP contribution in [-0.4, -0.2) is 41.5 Å². The van der Waals surface area contributed by atoms with Crippen molar-refractivity contribution in [2.75, 3.05) is 25.0 Å². The van der Waals surface area contributed by atoms with Gasteiger partial charge >= 0.3 is 0 Å². The molecule has 1 fully saturated rings. The molecule has 176 valence electrons. The predicted molar refractivity (Wildman–Crippen MR) is 136 cm³/mol. The van der Waals surface area contributed by atoms with Crippen LogP contribution in [0.5, 0.6) is 5.75 Å². The van der Waals surface area contributed by atoms with Crippen molar-refractivity contribution in [2.45, 2.75) is 51.9 Å². The number of ether oxygens (including phenoxy) is 1. The average Bonchev–Trinajstić information content (AvgIpc) is 2.85. The molecule has 2 aromatic carbocycles. The quantitative estimate of drug-likeness (QED) is 0.382. The second kappa shape index (κ2) is 12.9. The molecule has 2 aromatic rings. The summed E-state index contributed by atoms with van der Waals surface area (Å²) in [6.45, 7) is 4.50. The third-order valence-corrected chi connectivity index (χ3v) is 5.85. The number of hydrogen-bond acceptors (Lipinski definition) is 4. The summed E-state index contributed by atoms with van der Waals surface area (Å²) in [6.07, 6.45) is 7.93. The van der Waals surface area contributed by atoms with E-state index in [9.17, 15) is 9.59 Å². The van der Waals surface area contributed by atoms with E-state index in [1.807, 2.05) is 4.90 Å². The van der Waals surface area contributed by atoms with Gasteiger partial charge < -0.3 is 15.0 Å². The van der Waals surface area contributed by atoms with E-state index in [-0.39, 0.29) is 16.9 Å². The van der Waals surface area contributed by atoms with Gasteiger partial charge in [0.05, 0.1) is 6.61 Å². The zero-order valence-corrected chi connectivity index (χ0v) is 20.1. The van der Waals surface area contributed by atoms with E-state index in [0.717, 1.165) is 38.1 Å². The van der Waals surface area contributed by atoms with Crippen LogP contribution < -0.4 is 15.4 Å². The van der Waals surface area contributed by atoms with Crippen molar-refractivity contribution in [3.8, 4) is 5.75 Å². The van der Waals surface area contributed by atoms with Gasteiger partial charge in [0, 0.05) is 29.9 Å². The highest BCUT2D eigenvalue weighted by atomic mass is 32.1. The Morgan fingerprint density at radius 3 is 2.24 bits per heavy atom. The van der Waals surface area contributed by atoms with E-state index in [1.54, 1.807) is 48.5 Å². The van der Waals surface area contributed by atoms with Gasteiger partial charge in [-0.25, -0.2) is 0 Å². The molecule has 0 unspecified atom stereocenters. The Kier molecular flexibility index (Phi) is 9.69. The van der Waals surface area contributed by atoms with Gasteiger partial charge in [0.1, 0.15) is 5.75 Å². The highest BCUT2D eigenvalue weighted by molar-refractivity contribution is 7.80. The Balaban J connectivity index is 1.45. The number of unbranched alkanes of at least 4 members (excludes halogenated alkanes) is 3. The summed E-state index contributed by atoms with van der Waals surface area (Å²) in [5.41, 5.74) is 1.87. The number of carbonyl (C=O) groups is 2. The number of benzene rings is 2. The molecule has 2 N–H and O–H groups in total. The van der Waals surface area contributed by atoms with Crippen LogP contribution >= 0.6 is 12.2 Å². The lowest BCUT2D eigenvalue weighted by molar-refractivity contribution is 0.0724. The van der Waals surface area contributed by atoms with Gasteiger partial charge in [-0.05, 0) is 86.4 Å². The van der Waals surface area contributed by atoms with Crippen LogP contribution in [-0.2, 0) is 0 Å². The van der Waals surface area contributed by atoms with Gasteiger partial charge in [-0.15, -0.1) is 0 Å². The molecule has 0 aliphatic carbocycles. The number of nitrogens with zero attached hydrogens (tertiary/aromatic N) is 1. The summed E-state index contributed by atoms with van der Waals surface area (Å²) >= 11 is 5.27. The standard InChI is InChI=1S/C26H33N3O3S/c1-2-3-4-8-19-32-23-15-11-20(12-16-23)24(30)28-26(33)27-22-13-9-21(10-14-22)25(31)29-17-6-5-7-18-29/h9-16H,2-8,17-19H2,1H3,(H2,27,28,30,33). The first-order chi connectivity index (χ1) is 16.1. The van der Waals surface area contributed by atoms with Gasteiger partial charge in [-0.1, -0.05) is 26.2 Å². The second-order valence-corrected chi connectivity index (χ2v) is 8.68. The Labute approximate surface area is 201 Å². The fraction of sp³-hybridized carbons (Fsp3) is 0.423. The largest absolute Gasteiger partial charge is 0.494 e. The Hall–Kier alpha value is -2.93. The van der Waals surface area contributed by atoms with Crippen molar-refractivity contribution in [2.24, 2.45) is 0 Å². The molecule has 1 saturated heterocycles. The number of rotatable bonds is 9. The van der Waals surface area contributed by atoms with Crippen LogP contribution in [0.3, 0.4) is 0 Å². The molecule has 0 saturated carbocycles. The number of carbonyl (C=O) groups excluding carboxylic acids is 2. The summed E-state index contributed by atoms with van der Waals surface area (Å²) in [4.78, 5) is 27.0. The highest BCUT2D eigenvalue weighted by Crippen LogP contribution is 2.16. The number of thiocarbonyl (C=S) groups is 1.